The van der Waals surface area contributed by atoms with Crippen LogP contribution in [0.3, 0.4) is 0 Å². The average molecular weight is 1180 g/mol. The van der Waals surface area contributed by atoms with Crippen LogP contribution in [0, 0.1) is 34.6 Å². The fourth-order valence-corrected chi connectivity index (χ4v) is 10.5. The van der Waals surface area contributed by atoms with Gasteiger partial charge in [0.25, 0.3) is 5.91 Å². The number of ketones is 2. The van der Waals surface area contributed by atoms with Gasteiger partial charge in [0.1, 0.15) is 32.5 Å². The summed E-state index contributed by atoms with van der Waals surface area (Å²) in [7, 11) is 2.94. The smallest absolute Gasteiger partial charge is 0.357 e. The first kappa shape index (κ1) is 65.5. The summed E-state index contributed by atoms with van der Waals surface area (Å²) in [6.45, 7) is 18.9. The van der Waals surface area contributed by atoms with Gasteiger partial charge in [-0.2, -0.15) is 0 Å². The predicted octanol–water partition coefficient (Wildman–Crippen LogP) is 11.0. The molecule has 0 aliphatic rings. The van der Waals surface area contributed by atoms with Crippen LogP contribution in [0.15, 0.2) is 49.1 Å². The molecule has 19 nitrogen and oxygen atoms in total. The van der Waals surface area contributed by atoms with E-state index in [0.717, 1.165) is 149 Å². The summed E-state index contributed by atoms with van der Waals surface area (Å²) in [5.41, 5.74) is 10.2. The van der Waals surface area contributed by atoms with Crippen LogP contribution in [0.1, 0.15) is 142 Å². The Labute approximate surface area is 487 Å². The molecule has 438 valence electrons. The Hall–Kier alpha value is -6.29. The van der Waals surface area contributed by atoms with Gasteiger partial charge in [-0.1, -0.05) is 34.8 Å². The van der Waals surface area contributed by atoms with Crippen molar-refractivity contribution in [1.82, 2.24) is 43.3 Å². The second-order valence-electron chi connectivity index (χ2n) is 19.6. The molecule has 0 unspecified atom stereocenters. The predicted molar refractivity (Wildman–Crippen MR) is 318 cm³/mol. The molecule has 0 bridgehead atoms. The number of aliphatic hydroxyl groups is 4. The van der Waals surface area contributed by atoms with Crippen LogP contribution >= 0.6 is 34.8 Å². The molecule has 81 heavy (non-hydrogen) atoms. The molecule has 0 aromatic carbocycles. The number of rotatable bonds is 22. The zero-order valence-electron chi connectivity index (χ0n) is 48.0. The largest absolute Gasteiger partial charge is 0.461 e. The Kier molecular flexibility index (Phi) is 25.3. The standard InChI is InChI=1S/C15H20ClN3O3.C15H19ClN2O3.C15H20N2O2.C14H17ClN2O2/c1-10-9-19(6-4-5-7-20)12-8-11(15(21)18(2)22-3)17-14(16)13(10)12;1-3-21-15(20)11-8-12-13(14(16)17-11)10(2)9-18(12)6-4-5-7-19;1-10-9-17(6-4-5-7-18)14-8-13(12(3)19)16-11(2)15(10)14;1-9-8-17(5-3-4-6-18)12-7-11(10(2)19)16-14(15)13(9)12/h8-9,20H,4-7H2,1-3H3;8-9,19H,3-7H2,1-2H3;8-9,18H,4-7H2,1-3H3;7-8,18H,3-6H2,1-2H3. The number of hydroxylamine groups is 2. The summed E-state index contributed by atoms with van der Waals surface area (Å²) < 4.78 is 13.3. The van der Waals surface area contributed by atoms with E-state index in [1.54, 1.807) is 32.0 Å². The monoisotopic (exact) mass is 1180 g/mol. The van der Waals surface area contributed by atoms with Crippen LogP contribution in [0.5, 0.6) is 0 Å². The summed E-state index contributed by atoms with van der Waals surface area (Å²) in [4.78, 5) is 68.7. The summed E-state index contributed by atoms with van der Waals surface area (Å²) in [6, 6.07) is 7.10. The summed E-state index contributed by atoms with van der Waals surface area (Å²) >= 11 is 18.6. The van der Waals surface area contributed by atoms with Gasteiger partial charge in [0.15, 0.2) is 17.3 Å². The minimum atomic E-state index is -0.470. The molecule has 0 saturated heterocycles. The van der Waals surface area contributed by atoms with E-state index in [-0.39, 0.29) is 55.3 Å². The van der Waals surface area contributed by atoms with E-state index in [0.29, 0.717) is 33.5 Å². The topological polar surface area (TPSA) is 242 Å². The van der Waals surface area contributed by atoms with Crippen molar-refractivity contribution in [1.29, 1.82) is 0 Å². The number of aromatic nitrogens is 8. The van der Waals surface area contributed by atoms with Crippen LogP contribution in [-0.4, -0.2) is 134 Å². The Balaban J connectivity index is 0.000000199. The number of amides is 1. The number of ether oxygens (including phenoxy) is 1. The molecule has 4 N–H and O–H groups in total. The van der Waals surface area contributed by atoms with E-state index in [4.69, 9.17) is 64.8 Å². The van der Waals surface area contributed by atoms with Gasteiger partial charge < -0.3 is 43.4 Å². The first-order valence-electron chi connectivity index (χ1n) is 27.1. The third-order valence-electron chi connectivity index (χ3n) is 13.5. The fourth-order valence-electron chi connectivity index (χ4n) is 9.46. The van der Waals surface area contributed by atoms with Crippen LogP contribution in [0.4, 0.5) is 0 Å². The quantitative estimate of drug-likeness (QED) is 0.0162. The third-order valence-corrected chi connectivity index (χ3v) is 14.3. The Morgan fingerprint density at radius 3 is 1.15 bits per heavy atom. The van der Waals surface area contributed by atoms with Crippen molar-refractivity contribution in [3.05, 3.63) is 115 Å². The molecule has 0 saturated carbocycles. The number of aliphatic hydroxyl groups excluding tert-OH is 4. The Bertz CT molecular complexity index is 3360. The van der Waals surface area contributed by atoms with Gasteiger partial charge in [-0.05, 0) is 139 Å². The lowest BCUT2D eigenvalue weighted by Gasteiger charge is -2.13. The highest BCUT2D eigenvalue weighted by Crippen LogP contribution is 2.32. The number of pyridine rings is 4. The number of carbonyl (C=O) groups is 4. The second-order valence-corrected chi connectivity index (χ2v) is 20.7. The third kappa shape index (κ3) is 16.7. The molecule has 0 atom stereocenters. The molecular formula is C59H76Cl3N9O10. The van der Waals surface area contributed by atoms with E-state index in [2.05, 4.69) is 42.2 Å². The van der Waals surface area contributed by atoms with Crippen LogP contribution in [-0.2, 0) is 35.8 Å². The zero-order valence-corrected chi connectivity index (χ0v) is 50.3. The highest BCUT2D eigenvalue weighted by atomic mass is 35.5. The van der Waals surface area contributed by atoms with Crippen molar-refractivity contribution in [2.75, 3.05) is 47.2 Å². The highest BCUT2D eigenvalue weighted by Gasteiger charge is 2.21. The molecule has 0 aliphatic carbocycles. The first-order chi connectivity index (χ1) is 38.7. The van der Waals surface area contributed by atoms with Crippen LogP contribution < -0.4 is 0 Å². The van der Waals surface area contributed by atoms with Crippen LogP contribution in [0.25, 0.3) is 43.6 Å². The fraction of sp³-hybridized carbons (Fsp3) is 0.458. The molecule has 8 aromatic rings. The van der Waals surface area contributed by atoms with Crippen molar-refractivity contribution >= 4 is 102 Å². The number of hydrogen-bond donors (Lipinski definition) is 4. The number of carbonyl (C=O) groups excluding carboxylic acids is 4. The molecule has 8 rings (SSSR count). The van der Waals surface area contributed by atoms with Crippen molar-refractivity contribution in [3.63, 3.8) is 0 Å². The number of esters is 1. The molecule has 0 aliphatic heterocycles. The van der Waals surface area contributed by atoms with E-state index in [9.17, 15) is 19.2 Å². The van der Waals surface area contributed by atoms with Crippen LogP contribution in [0.2, 0.25) is 15.5 Å². The highest BCUT2D eigenvalue weighted by molar-refractivity contribution is 6.35. The number of fused-ring (bicyclic) bond motifs is 4. The maximum absolute atomic E-state index is 12.2. The van der Waals surface area contributed by atoms with Crippen molar-refractivity contribution in [2.24, 2.45) is 0 Å². The number of halogens is 3. The van der Waals surface area contributed by atoms with Gasteiger partial charge in [-0.25, -0.2) is 29.8 Å². The van der Waals surface area contributed by atoms with Gasteiger partial charge in [-0.3, -0.25) is 19.2 Å². The van der Waals surface area contributed by atoms with Crippen molar-refractivity contribution < 1.29 is 49.2 Å². The van der Waals surface area contributed by atoms with Gasteiger partial charge in [0.2, 0.25) is 0 Å². The van der Waals surface area contributed by atoms with E-state index < -0.39 is 5.97 Å². The lowest BCUT2D eigenvalue weighted by molar-refractivity contribution is -0.0760. The molecule has 8 heterocycles. The molecule has 0 spiro atoms. The van der Waals surface area contributed by atoms with Gasteiger partial charge in [0, 0.05) is 126 Å². The van der Waals surface area contributed by atoms with Crippen molar-refractivity contribution in [2.45, 2.75) is 133 Å². The normalized spacial score (nSPS) is 11.1. The number of aryl methyl sites for hydroxylation is 9. The first-order valence-corrected chi connectivity index (χ1v) is 28.2. The SMILES string of the molecule is CC(=O)c1cc2c(c(C)cn2CCCCO)c(C)n1.CC(=O)c1cc2c(c(C)cn2CCCCO)c(Cl)n1.CCOC(=O)c1cc2c(c(C)cn2CCCCO)c(Cl)n1.CON(C)C(=O)c1cc2c(c(C)cn2CCCCO)c(Cl)n1. The Morgan fingerprint density at radius 1 is 0.494 bits per heavy atom. The molecule has 0 fully saturated rings. The van der Waals surface area contributed by atoms with Gasteiger partial charge in [-0.15, -0.1) is 0 Å². The summed E-state index contributed by atoms with van der Waals surface area (Å²) in [6.07, 6.45) is 14.6. The van der Waals surface area contributed by atoms with Gasteiger partial charge >= 0.3 is 5.97 Å². The maximum Gasteiger partial charge on any atom is 0.357 e. The number of hydrogen-bond acceptors (Lipinski definition) is 14. The maximum atomic E-state index is 12.2. The lowest BCUT2D eigenvalue weighted by Crippen LogP contribution is -2.26. The number of Topliss-reactive ketones (excluding diaryl/α,β-unsaturated/α-hetero) is 2. The Morgan fingerprint density at radius 2 is 0.802 bits per heavy atom. The lowest BCUT2D eigenvalue weighted by atomic mass is 10.1. The minimum absolute atomic E-state index is 0.00855. The summed E-state index contributed by atoms with van der Waals surface area (Å²) in [5, 5.41) is 41.3. The number of nitrogens with zero attached hydrogens (tertiary/aromatic N) is 9. The second kappa shape index (κ2) is 31.2. The average Bonchev–Trinajstić information content (AvgIpc) is 4.29. The van der Waals surface area contributed by atoms with E-state index in [1.807, 2.05) is 61.5 Å². The van der Waals surface area contributed by atoms with E-state index in [1.165, 1.54) is 26.6 Å². The molecule has 0 radical (unpaired) electrons. The van der Waals surface area contributed by atoms with E-state index >= 15 is 0 Å². The zero-order chi connectivity index (χ0) is 59.7. The number of unbranched alkanes of at least 4 members (excludes halogenated alkanes) is 4. The van der Waals surface area contributed by atoms with Gasteiger partial charge in [0.05, 0.1) is 35.8 Å². The summed E-state index contributed by atoms with van der Waals surface area (Å²) in [5.74, 6) is -0.926. The molecule has 22 heteroatoms. The molecule has 1 amide bonds. The minimum Gasteiger partial charge on any atom is -0.461 e. The molecular weight excluding hydrogens is 1100 g/mol. The van der Waals surface area contributed by atoms with Crippen molar-refractivity contribution in [3.8, 4) is 0 Å². The molecule has 8 aromatic heterocycles.